The fourth-order valence-electron chi connectivity index (χ4n) is 3.02. The highest BCUT2D eigenvalue weighted by atomic mass is 15.3. The van der Waals surface area contributed by atoms with E-state index >= 15 is 0 Å². The van der Waals surface area contributed by atoms with Crippen LogP contribution in [0.4, 0.5) is 0 Å². The minimum atomic E-state index is 0.607. The smallest absolute Gasteiger partial charge is 0.233 e. The van der Waals surface area contributed by atoms with Crippen LogP contribution in [0.1, 0.15) is 19.5 Å². The van der Waals surface area contributed by atoms with Crippen LogP contribution in [-0.2, 0) is 6.54 Å². The van der Waals surface area contributed by atoms with E-state index in [2.05, 4.69) is 45.1 Å². The summed E-state index contributed by atoms with van der Waals surface area (Å²) in [6.45, 7) is 8.97. The highest BCUT2D eigenvalue weighted by molar-refractivity contribution is 5.30. The number of hydrogen-bond acceptors (Lipinski definition) is 4. The first kappa shape index (κ1) is 13.5. The molecule has 0 N–H and O–H groups in total. The molecule has 5 nitrogen and oxygen atoms in total. The lowest BCUT2D eigenvalue weighted by atomic mass is 9.99. The number of rotatable bonds is 3. The van der Waals surface area contributed by atoms with Crippen LogP contribution in [0.3, 0.4) is 0 Å². The normalized spacial score (nSPS) is 21.9. The minimum Gasteiger partial charge on any atom is -0.304 e. The van der Waals surface area contributed by atoms with Gasteiger partial charge in [0.05, 0.1) is 11.9 Å². The molecule has 2 aromatic heterocycles. The molecule has 3 rings (SSSR count). The highest BCUT2D eigenvalue weighted by Gasteiger charge is 2.28. The number of aromatic nitrogens is 3. The van der Waals surface area contributed by atoms with E-state index in [0.717, 1.165) is 32.0 Å². The third kappa shape index (κ3) is 2.55. The van der Waals surface area contributed by atoms with Gasteiger partial charge in [-0.3, -0.25) is 9.30 Å². The van der Waals surface area contributed by atoms with Crippen LogP contribution in [0.2, 0.25) is 0 Å². The summed E-state index contributed by atoms with van der Waals surface area (Å²) in [7, 11) is 2.21. The monoisotopic (exact) mass is 273 g/mol. The second-order valence-electron chi connectivity index (χ2n) is 6.08. The Balaban J connectivity index is 1.82. The molecule has 108 valence electrons. The van der Waals surface area contributed by atoms with Crippen LogP contribution in [0.15, 0.2) is 24.7 Å². The quantitative estimate of drug-likeness (QED) is 0.849. The average molecular weight is 273 g/mol. The molecule has 0 bridgehead atoms. The molecule has 1 atom stereocenters. The number of likely N-dealkylation sites (N-methyl/N-ethyl adjacent to an activating group) is 1. The van der Waals surface area contributed by atoms with E-state index in [0.29, 0.717) is 12.0 Å². The standard InChI is InChI=1S/C15H23N5/c1-12(2)14-11-18(3)7-8-19(14)10-13-9-17-15-16-5-4-6-20(13)15/h4-6,9,12,14H,7-8,10-11H2,1-3H3. The lowest BCUT2D eigenvalue weighted by molar-refractivity contribution is 0.0559. The Labute approximate surface area is 120 Å². The van der Waals surface area contributed by atoms with Crippen LogP contribution in [0, 0.1) is 5.92 Å². The fraction of sp³-hybridized carbons (Fsp3) is 0.600. The molecular formula is C15H23N5. The lowest BCUT2D eigenvalue weighted by Gasteiger charge is -2.42. The van der Waals surface area contributed by atoms with Crippen LogP contribution in [-0.4, -0.2) is 56.9 Å². The van der Waals surface area contributed by atoms with Crippen molar-refractivity contribution in [3.05, 3.63) is 30.4 Å². The molecule has 1 aliphatic heterocycles. The Kier molecular flexibility index (Phi) is 3.72. The van der Waals surface area contributed by atoms with Crippen molar-refractivity contribution in [2.45, 2.75) is 26.4 Å². The Morgan fingerprint density at radius 2 is 2.15 bits per heavy atom. The summed E-state index contributed by atoms with van der Waals surface area (Å²) in [5.41, 5.74) is 1.23. The van der Waals surface area contributed by atoms with Crippen LogP contribution < -0.4 is 0 Å². The van der Waals surface area contributed by atoms with Crippen molar-refractivity contribution in [3.63, 3.8) is 0 Å². The number of nitrogens with zero attached hydrogens (tertiary/aromatic N) is 5. The van der Waals surface area contributed by atoms with Gasteiger partial charge in [-0.1, -0.05) is 13.8 Å². The van der Waals surface area contributed by atoms with Gasteiger partial charge in [0.1, 0.15) is 0 Å². The molecule has 1 unspecified atom stereocenters. The first-order chi connectivity index (χ1) is 9.65. The van der Waals surface area contributed by atoms with Gasteiger partial charge in [0.2, 0.25) is 5.78 Å². The minimum absolute atomic E-state index is 0.607. The third-order valence-electron chi connectivity index (χ3n) is 4.24. The number of hydrogen-bond donors (Lipinski definition) is 0. The van der Waals surface area contributed by atoms with Crippen molar-refractivity contribution < 1.29 is 0 Å². The molecule has 20 heavy (non-hydrogen) atoms. The van der Waals surface area contributed by atoms with Gasteiger partial charge in [0, 0.05) is 44.6 Å². The number of fused-ring (bicyclic) bond motifs is 1. The summed E-state index contributed by atoms with van der Waals surface area (Å²) in [6.07, 6.45) is 5.79. The highest BCUT2D eigenvalue weighted by Crippen LogP contribution is 2.19. The van der Waals surface area contributed by atoms with E-state index in [-0.39, 0.29) is 0 Å². The molecule has 2 aromatic rings. The summed E-state index contributed by atoms with van der Waals surface area (Å²) in [4.78, 5) is 13.7. The van der Waals surface area contributed by atoms with Gasteiger partial charge in [-0.15, -0.1) is 0 Å². The number of imidazole rings is 1. The van der Waals surface area contributed by atoms with Gasteiger partial charge in [-0.2, -0.15) is 0 Å². The van der Waals surface area contributed by atoms with Gasteiger partial charge in [0.25, 0.3) is 0 Å². The summed E-state index contributed by atoms with van der Waals surface area (Å²) in [5, 5.41) is 0. The first-order valence-corrected chi connectivity index (χ1v) is 7.34. The van der Waals surface area contributed by atoms with Crippen molar-refractivity contribution in [1.82, 2.24) is 24.2 Å². The van der Waals surface area contributed by atoms with E-state index in [1.54, 1.807) is 6.20 Å². The van der Waals surface area contributed by atoms with Gasteiger partial charge >= 0.3 is 0 Å². The zero-order valence-corrected chi connectivity index (χ0v) is 12.5. The molecule has 1 saturated heterocycles. The van der Waals surface area contributed by atoms with Crippen molar-refractivity contribution in [1.29, 1.82) is 0 Å². The molecular weight excluding hydrogens is 250 g/mol. The molecule has 0 aliphatic carbocycles. The van der Waals surface area contributed by atoms with E-state index in [1.165, 1.54) is 5.69 Å². The third-order valence-corrected chi connectivity index (χ3v) is 4.24. The summed E-state index contributed by atoms with van der Waals surface area (Å²) in [6, 6.07) is 2.57. The molecule has 0 spiro atoms. The van der Waals surface area contributed by atoms with Crippen LogP contribution in [0.5, 0.6) is 0 Å². The molecule has 0 amide bonds. The van der Waals surface area contributed by atoms with E-state index in [4.69, 9.17) is 0 Å². The second kappa shape index (κ2) is 5.50. The Morgan fingerprint density at radius 1 is 1.30 bits per heavy atom. The van der Waals surface area contributed by atoms with Crippen LogP contribution >= 0.6 is 0 Å². The zero-order chi connectivity index (χ0) is 14.1. The second-order valence-corrected chi connectivity index (χ2v) is 6.08. The molecule has 0 saturated carbocycles. The van der Waals surface area contributed by atoms with Crippen LogP contribution in [0.25, 0.3) is 5.78 Å². The first-order valence-electron chi connectivity index (χ1n) is 7.34. The van der Waals surface area contributed by atoms with E-state index in [1.807, 2.05) is 18.5 Å². The maximum absolute atomic E-state index is 4.38. The molecule has 0 aromatic carbocycles. The SMILES string of the molecule is CC(C)C1CN(C)CCN1Cc1cnc2ncccn12. The summed E-state index contributed by atoms with van der Waals surface area (Å²) < 4.78 is 2.09. The van der Waals surface area contributed by atoms with E-state index in [9.17, 15) is 0 Å². The Morgan fingerprint density at radius 3 is 2.95 bits per heavy atom. The average Bonchev–Trinajstić information content (AvgIpc) is 2.84. The summed E-state index contributed by atoms with van der Waals surface area (Å²) >= 11 is 0. The van der Waals surface area contributed by atoms with Crippen molar-refractivity contribution in [2.24, 2.45) is 5.92 Å². The largest absolute Gasteiger partial charge is 0.304 e. The van der Waals surface area contributed by atoms with Crippen molar-refractivity contribution in [3.8, 4) is 0 Å². The van der Waals surface area contributed by atoms with Gasteiger partial charge in [-0.05, 0) is 19.0 Å². The van der Waals surface area contributed by atoms with Gasteiger partial charge in [-0.25, -0.2) is 9.97 Å². The lowest BCUT2D eigenvalue weighted by Crippen LogP contribution is -2.53. The maximum atomic E-state index is 4.38. The molecule has 1 fully saturated rings. The fourth-order valence-corrected chi connectivity index (χ4v) is 3.02. The summed E-state index contributed by atoms with van der Waals surface area (Å²) in [5.74, 6) is 1.45. The molecule has 0 radical (unpaired) electrons. The van der Waals surface area contributed by atoms with E-state index < -0.39 is 0 Å². The molecule has 5 heteroatoms. The number of piperazine rings is 1. The van der Waals surface area contributed by atoms with Crippen molar-refractivity contribution >= 4 is 5.78 Å². The Bertz CT molecular complexity index is 576. The zero-order valence-electron chi connectivity index (χ0n) is 12.5. The van der Waals surface area contributed by atoms with Gasteiger partial charge < -0.3 is 4.90 Å². The predicted molar refractivity (Wildman–Crippen MR) is 79.5 cm³/mol. The maximum Gasteiger partial charge on any atom is 0.233 e. The molecule has 3 heterocycles. The van der Waals surface area contributed by atoms with Crippen molar-refractivity contribution in [2.75, 3.05) is 26.7 Å². The topological polar surface area (TPSA) is 36.7 Å². The predicted octanol–water partition coefficient (Wildman–Crippen LogP) is 1.50. The molecule has 1 aliphatic rings. The van der Waals surface area contributed by atoms with Gasteiger partial charge in [0.15, 0.2) is 0 Å². The Hall–Kier alpha value is -1.46.